The highest BCUT2D eigenvalue weighted by Gasteiger charge is 2.18. The lowest BCUT2D eigenvalue weighted by atomic mass is 10.2. The number of aromatic nitrogens is 4. The van der Waals surface area contributed by atoms with Crippen LogP contribution in [0.5, 0.6) is 0 Å². The number of rotatable bonds is 9. The molecule has 7 heteroatoms. The van der Waals surface area contributed by atoms with Crippen LogP contribution in [0, 0.1) is 0 Å². The number of carbonyl (C=O) groups is 1. The van der Waals surface area contributed by atoms with E-state index >= 15 is 0 Å². The second-order valence-corrected chi connectivity index (χ2v) is 7.44. The molecule has 146 valence electrons. The minimum atomic E-state index is 0.0921. The Balaban J connectivity index is 1.78. The molecule has 0 aliphatic carbocycles. The van der Waals surface area contributed by atoms with Gasteiger partial charge < -0.3 is 4.90 Å². The summed E-state index contributed by atoms with van der Waals surface area (Å²) >= 11 is 1.58. The van der Waals surface area contributed by atoms with Gasteiger partial charge in [-0.2, -0.15) is 4.68 Å². The second kappa shape index (κ2) is 10.0. The number of hydrogen-bond donors (Lipinski definition) is 0. The Morgan fingerprint density at radius 3 is 2.39 bits per heavy atom. The fourth-order valence-electron chi connectivity index (χ4n) is 3.00. The molecule has 6 nitrogen and oxygen atoms in total. The van der Waals surface area contributed by atoms with Crippen molar-refractivity contribution in [3.63, 3.8) is 0 Å². The van der Waals surface area contributed by atoms with Crippen molar-refractivity contribution in [3.05, 3.63) is 66.0 Å². The highest BCUT2D eigenvalue weighted by Crippen LogP contribution is 2.27. The minimum Gasteiger partial charge on any atom is -0.339 e. The number of tetrazole rings is 1. The zero-order valence-electron chi connectivity index (χ0n) is 16.3. The fourth-order valence-corrected chi connectivity index (χ4v) is 3.95. The smallest absolute Gasteiger partial charge is 0.254 e. The molecule has 28 heavy (non-hydrogen) atoms. The predicted octanol–water partition coefficient (Wildman–Crippen LogP) is 4.22. The highest BCUT2D eigenvalue weighted by molar-refractivity contribution is 7.98. The van der Waals surface area contributed by atoms with Crippen LogP contribution >= 0.6 is 11.8 Å². The molecule has 3 aromatic rings. The molecule has 1 aromatic heterocycles. The Morgan fingerprint density at radius 1 is 1.00 bits per heavy atom. The standard InChI is InChI=1S/C21H25N5OS/c1-3-14-25(15-4-2)21(27)18-12-8-9-13-19(18)28-16-20-22-23-24-26(20)17-10-6-5-7-11-17/h5-13H,3-4,14-16H2,1-2H3. The fraction of sp³-hybridized carbons (Fsp3) is 0.333. The van der Waals surface area contributed by atoms with E-state index in [0.717, 1.165) is 47.9 Å². The first-order valence-electron chi connectivity index (χ1n) is 9.58. The molecule has 0 saturated carbocycles. The molecule has 0 saturated heterocycles. The maximum atomic E-state index is 13.1. The van der Waals surface area contributed by atoms with Gasteiger partial charge in [0.2, 0.25) is 0 Å². The molecule has 0 aliphatic rings. The van der Waals surface area contributed by atoms with E-state index in [1.807, 2.05) is 59.5 Å². The van der Waals surface area contributed by atoms with E-state index in [1.54, 1.807) is 16.4 Å². The van der Waals surface area contributed by atoms with Crippen molar-refractivity contribution in [1.29, 1.82) is 0 Å². The number of nitrogens with zero attached hydrogens (tertiary/aromatic N) is 5. The second-order valence-electron chi connectivity index (χ2n) is 6.42. The van der Waals surface area contributed by atoms with E-state index in [-0.39, 0.29) is 5.91 Å². The molecule has 0 spiro atoms. The van der Waals surface area contributed by atoms with E-state index in [0.29, 0.717) is 5.75 Å². The molecule has 0 radical (unpaired) electrons. The van der Waals surface area contributed by atoms with Crippen LogP contribution in [-0.4, -0.2) is 44.1 Å². The van der Waals surface area contributed by atoms with Gasteiger partial charge in [-0.25, -0.2) is 0 Å². The lowest BCUT2D eigenvalue weighted by Crippen LogP contribution is -2.32. The first-order valence-corrected chi connectivity index (χ1v) is 10.6. The SMILES string of the molecule is CCCN(CCC)C(=O)c1ccccc1SCc1nnnn1-c1ccccc1. The number of benzene rings is 2. The monoisotopic (exact) mass is 395 g/mol. The molecular formula is C21H25N5OS. The molecular weight excluding hydrogens is 370 g/mol. The van der Waals surface area contributed by atoms with Crippen LogP contribution in [0.25, 0.3) is 5.69 Å². The summed E-state index contributed by atoms with van der Waals surface area (Å²) in [5, 5.41) is 12.1. The number of hydrogen-bond acceptors (Lipinski definition) is 5. The number of amides is 1. The van der Waals surface area contributed by atoms with Gasteiger partial charge in [0.25, 0.3) is 5.91 Å². The quantitative estimate of drug-likeness (QED) is 0.508. The van der Waals surface area contributed by atoms with Gasteiger partial charge in [0.05, 0.1) is 17.0 Å². The van der Waals surface area contributed by atoms with Gasteiger partial charge in [-0.05, 0) is 47.5 Å². The summed E-state index contributed by atoms with van der Waals surface area (Å²) < 4.78 is 1.73. The van der Waals surface area contributed by atoms with Crippen LogP contribution in [0.3, 0.4) is 0 Å². The van der Waals surface area contributed by atoms with Crippen LogP contribution < -0.4 is 0 Å². The van der Waals surface area contributed by atoms with E-state index < -0.39 is 0 Å². The molecule has 0 N–H and O–H groups in total. The third-order valence-corrected chi connectivity index (χ3v) is 5.35. The zero-order chi connectivity index (χ0) is 19.8. The van der Waals surface area contributed by atoms with Crippen LogP contribution in [0.4, 0.5) is 0 Å². The van der Waals surface area contributed by atoms with Crippen molar-refractivity contribution in [2.75, 3.05) is 13.1 Å². The van der Waals surface area contributed by atoms with Gasteiger partial charge in [-0.15, -0.1) is 16.9 Å². The van der Waals surface area contributed by atoms with E-state index in [1.165, 1.54) is 0 Å². The van der Waals surface area contributed by atoms with Gasteiger partial charge in [0.1, 0.15) is 0 Å². The minimum absolute atomic E-state index is 0.0921. The number of para-hydroxylation sites is 1. The van der Waals surface area contributed by atoms with E-state index in [4.69, 9.17) is 0 Å². The maximum Gasteiger partial charge on any atom is 0.254 e. The third-order valence-electron chi connectivity index (χ3n) is 4.28. The number of carbonyl (C=O) groups excluding carboxylic acids is 1. The average Bonchev–Trinajstić information content (AvgIpc) is 3.21. The van der Waals surface area contributed by atoms with Gasteiger partial charge >= 0.3 is 0 Å². The van der Waals surface area contributed by atoms with Crippen molar-refractivity contribution < 1.29 is 4.79 Å². The van der Waals surface area contributed by atoms with Crippen LogP contribution in [0.15, 0.2) is 59.5 Å². The number of thioether (sulfide) groups is 1. The van der Waals surface area contributed by atoms with Gasteiger partial charge in [0.15, 0.2) is 5.82 Å². The van der Waals surface area contributed by atoms with Gasteiger partial charge in [-0.1, -0.05) is 44.2 Å². The maximum absolute atomic E-state index is 13.1. The molecule has 1 amide bonds. The van der Waals surface area contributed by atoms with E-state index in [2.05, 4.69) is 29.4 Å². The Labute approximate surface area is 169 Å². The van der Waals surface area contributed by atoms with Crippen molar-refractivity contribution >= 4 is 17.7 Å². The lowest BCUT2D eigenvalue weighted by molar-refractivity contribution is 0.0752. The Kier molecular flexibility index (Phi) is 7.19. The normalized spacial score (nSPS) is 10.8. The molecule has 3 rings (SSSR count). The molecule has 1 heterocycles. The third kappa shape index (κ3) is 4.78. The first-order chi connectivity index (χ1) is 13.7. The van der Waals surface area contributed by atoms with Crippen LogP contribution in [0.1, 0.15) is 42.9 Å². The molecule has 0 aliphatic heterocycles. The summed E-state index contributed by atoms with van der Waals surface area (Å²) in [6.07, 6.45) is 1.90. The molecule has 2 aromatic carbocycles. The summed E-state index contributed by atoms with van der Waals surface area (Å²) in [4.78, 5) is 16.0. The lowest BCUT2D eigenvalue weighted by Gasteiger charge is -2.22. The summed E-state index contributed by atoms with van der Waals surface area (Å²) in [5.41, 5.74) is 1.66. The van der Waals surface area contributed by atoms with Gasteiger partial charge in [0, 0.05) is 18.0 Å². The molecule has 0 unspecified atom stereocenters. The summed E-state index contributed by atoms with van der Waals surface area (Å²) in [6, 6.07) is 17.6. The van der Waals surface area contributed by atoms with Gasteiger partial charge in [-0.3, -0.25) is 4.79 Å². The van der Waals surface area contributed by atoms with Crippen molar-refractivity contribution in [2.45, 2.75) is 37.3 Å². The summed E-state index contributed by atoms with van der Waals surface area (Å²) in [5.74, 6) is 1.42. The summed E-state index contributed by atoms with van der Waals surface area (Å²) in [6.45, 7) is 5.75. The summed E-state index contributed by atoms with van der Waals surface area (Å²) in [7, 11) is 0. The Hall–Kier alpha value is -2.67. The first kappa shape index (κ1) is 20.1. The van der Waals surface area contributed by atoms with Crippen molar-refractivity contribution in [1.82, 2.24) is 25.1 Å². The largest absolute Gasteiger partial charge is 0.339 e. The predicted molar refractivity (Wildman–Crippen MR) is 112 cm³/mol. The molecule has 0 atom stereocenters. The van der Waals surface area contributed by atoms with Crippen molar-refractivity contribution in [3.8, 4) is 5.69 Å². The molecule has 0 bridgehead atoms. The Morgan fingerprint density at radius 2 is 1.68 bits per heavy atom. The average molecular weight is 396 g/mol. The Bertz CT molecular complexity index is 891. The zero-order valence-corrected chi connectivity index (χ0v) is 17.1. The van der Waals surface area contributed by atoms with E-state index in [9.17, 15) is 4.79 Å². The van der Waals surface area contributed by atoms with Crippen molar-refractivity contribution in [2.24, 2.45) is 0 Å². The van der Waals surface area contributed by atoms with Crippen LogP contribution in [-0.2, 0) is 5.75 Å². The highest BCUT2D eigenvalue weighted by atomic mass is 32.2. The topological polar surface area (TPSA) is 63.9 Å². The van der Waals surface area contributed by atoms with Crippen LogP contribution in [0.2, 0.25) is 0 Å². The molecule has 0 fully saturated rings.